The van der Waals surface area contributed by atoms with Gasteiger partial charge < -0.3 is 19.5 Å². The molecular weight excluding hydrogens is 436 g/mol. The molecule has 2 rings (SSSR count). The van der Waals surface area contributed by atoms with Gasteiger partial charge in [-0.05, 0) is 52.9 Å². The van der Waals surface area contributed by atoms with Crippen molar-refractivity contribution in [2.75, 3.05) is 19.0 Å². The molecule has 1 heterocycles. The first-order valence-electron chi connectivity index (χ1n) is 11.5. The molecule has 1 aliphatic carbocycles. The molecule has 0 bridgehead atoms. The summed E-state index contributed by atoms with van der Waals surface area (Å²) in [6.07, 6.45) is 4.26. The van der Waals surface area contributed by atoms with Gasteiger partial charge in [-0.3, -0.25) is 19.7 Å². The molecule has 4 unspecified atom stereocenters. The van der Waals surface area contributed by atoms with E-state index >= 15 is 0 Å². The van der Waals surface area contributed by atoms with Crippen LogP contribution in [0.15, 0.2) is 0 Å². The molecule has 0 spiro atoms. The molecule has 1 aliphatic heterocycles. The van der Waals surface area contributed by atoms with Crippen LogP contribution in [0.1, 0.15) is 59.8 Å². The largest absolute Gasteiger partial charge is 0.480 e. The normalized spacial score (nSPS) is 25.4. The van der Waals surface area contributed by atoms with Crippen molar-refractivity contribution in [1.82, 2.24) is 10.2 Å². The van der Waals surface area contributed by atoms with E-state index in [9.17, 15) is 24.3 Å². The molecule has 2 N–H and O–H groups in total. The summed E-state index contributed by atoms with van der Waals surface area (Å²) in [5.41, 5.74) is 0. The van der Waals surface area contributed by atoms with Crippen molar-refractivity contribution >= 4 is 35.6 Å². The van der Waals surface area contributed by atoms with Crippen LogP contribution in [-0.2, 0) is 28.7 Å². The van der Waals surface area contributed by atoms with Crippen molar-refractivity contribution in [3.05, 3.63) is 0 Å². The number of carboxylic acid groups (broad SMARTS) is 1. The minimum atomic E-state index is -0.985. The van der Waals surface area contributed by atoms with Crippen molar-refractivity contribution < 1.29 is 33.8 Å². The van der Waals surface area contributed by atoms with Crippen LogP contribution < -0.4 is 5.32 Å². The number of thioether (sulfide) groups is 1. The second kappa shape index (κ2) is 12.4. The van der Waals surface area contributed by atoms with Gasteiger partial charge in [-0.1, -0.05) is 12.8 Å². The van der Waals surface area contributed by atoms with Gasteiger partial charge in [0, 0.05) is 11.8 Å². The highest BCUT2D eigenvalue weighted by molar-refractivity contribution is 8.00. The maximum atomic E-state index is 13.3. The number of ether oxygens (including phenoxy) is 2. The Labute approximate surface area is 193 Å². The first kappa shape index (κ1) is 26.4. The smallest absolute Gasteiger partial charge is 0.326 e. The third kappa shape index (κ3) is 6.60. The number of hydrogen-bond acceptors (Lipinski definition) is 8. The molecule has 2 fully saturated rings. The molecule has 1 saturated heterocycles. The lowest BCUT2D eigenvalue weighted by Crippen LogP contribution is -2.56. The number of esters is 2. The van der Waals surface area contributed by atoms with E-state index in [0.29, 0.717) is 6.42 Å². The van der Waals surface area contributed by atoms with Crippen molar-refractivity contribution in [3.63, 3.8) is 0 Å². The number of aliphatic carboxylic acids is 1. The van der Waals surface area contributed by atoms with Gasteiger partial charge in [-0.2, -0.15) is 0 Å². The van der Waals surface area contributed by atoms with Gasteiger partial charge in [0.2, 0.25) is 5.91 Å². The summed E-state index contributed by atoms with van der Waals surface area (Å²) in [5, 5.41) is 12.3. The number of carboxylic acids is 1. The zero-order valence-corrected chi connectivity index (χ0v) is 20.2. The third-order valence-electron chi connectivity index (χ3n) is 6.15. The number of carbonyl (C=O) groups is 4. The van der Waals surface area contributed by atoms with Crippen LogP contribution >= 0.6 is 11.8 Å². The number of carbonyl (C=O) groups excluding carboxylic acids is 3. The molecular formula is C22H36N2O7S. The van der Waals surface area contributed by atoms with E-state index in [4.69, 9.17) is 9.47 Å². The number of hydrogen-bond donors (Lipinski definition) is 2. The van der Waals surface area contributed by atoms with Gasteiger partial charge in [0.05, 0.1) is 24.5 Å². The van der Waals surface area contributed by atoms with Crippen LogP contribution in [0.25, 0.3) is 0 Å². The van der Waals surface area contributed by atoms with Crippen molar-refractivity contribution in [1.29, 1.82) is 0 Å². The third-order valence-corrected chi connectivity index (χ3v) is 7.37. The van der Waals surface area contributed by atoms with Gasteiger partial charge in [0.25, 0.3) is 0 Å². The Bertz CT molecular complexity index is 689. The Morgan fingerprint density at radius 2 is 1.69 bits per heavy atom. The van der Waals surface area contributed by atoms with Crippen LogP contribution in [0.5, 0.6) is 0 Å². The zero-order chi connectivity index (χ0) is 23.8. The summed E-state index contributed by atoms with van der Waals surface area (Å²) < 4.78 is 10.1. The molecule has 0 aromatic heterocycles. The van der Waals surface area contributed by atoms with Gasteiger partial charge >= 0.3 is 17.9 Å². The fourth-order valence-electron chi connectivity index (χ4n) is 4.59. The quantitative estimate of drug-likeness (QED) is 0.434. The topological polar surface area (TPSA) is 122 Å². The van der Waals surface area contributed by atoms with Crippen molar-refractivity contribution in [2.45, 2.75) is 89.2 Å². The number of rotatable bonds is 11. The minimum Gasteiger partial charge on any atom is -0.480 e. The fourth-order valence-corrected chi connectivity index (χ4v) is 5.51. The van der Waals surface area contributed by atoms with Crippen LogP contribution in [0.2, 0.25) is 0 Å². The predicted molar refractivity (Wildman–Crippen MR) is 120 cm³/mol. The van der Waals surface area contributed by atoms with Crippen LogP contribution in [0.3, 0.4) is 0 Å². The number of amides is 1. The summed E-state index contributed by atoms with van der Waals surface area (Å²) in [6, 6.07) is -2.49. The van der Waals surface area contributed by atoms with E-state index < -0.39 is 35.3 Å². The molecule has 32 heavy (non-hydrogen) atoms. The molecule has 2 aliphatic rings. The Morgan fingerprint density at radius 1 is 1.06 bits per heavy atom. The number of likely N-dealkylation sites (tertiary alicyclic amines) is 1. The van der Waals surface area contributed by atoms with Gasteiger partial charge in [-0.25, -0.2) is 4.79 Å². The summed E-state index contributed by atoms with van der Waals surface area (Å²) in [4.78, 5) is 51.1. The van der Waals surface area contributed by atoms with E-state index in [1.165, 1.54) is 16.7 Å². The standard InChI is InChI=1S/C22H36N2O7S/c1-5-30-21(28)14(4)32-12-16(22(29)31-6-2)23-13(3)19(25)24-17-10-8-7-9-15(17)11-18(24)20(26)27/h13-18,23H,5-12H2,1-4H3,(H,26,27)/t13?,14-,15?,16?,17?,18-/m0/s1. The number of nitrogens with zero attached hydrogens (tertiary/aromatic N) is 1. The lowest BCUT2D eigenvalue weighted by Gasteiger charge is -2.35. The molecule has 0 aromatic carbocycles. The highest BCUT2D eigenvalue weighted by atomic mass is 32.2. The molecule has 0 aromatic rings. The SMILES string of the molecule is CCOC(=O)C(CS[C@@H](C)C(=O)OCC)NC(C)C(=O)N1C2CCCCC2C[C@H]1C(=O)O. The molecule has 0 radical (unpaired) electrons. The van der Waals surface area contributed by atoms with Crippen LogP contribution in [0.4, 0.5) is 0 Å². The molecule has 10 heteroatoms. The number of nitrogens with one attached hydrogen (secondary N) is 1. The highest BCUT2D eigenvalue weighted by Gasteiger charge is 2.48. The summed E-state index contributed by atoms with van der Waals surface area (Å²) in [6.45, 7) is 7.23. The molecule has 182 valence electrons. The Kier molecular flexibility index (Phi) is 10.3. The van der Waals surface area contributed by atoms with E-state index in [1.54, 1.807) is 27.7 Å². The highest BCUT2D eigenvalue weighted by Crippen LogP contribution is 2.40. The van der Waals surface area contributed by atoms with Gasteiger partial charge in [0.1, 0.15) is 12.1 Å². The lowest BCUT2D eigenvalue weighted by atomic mass is 9.84. The molecule has 1 amide bonds. The minimum absolute atomic E-state index is 0.0687. The first-order chi connectivity index (χ1) is 15.2. The van der Waals surface area contributed by atoms with Crippen molar-refractivity contribution in [3.8, 4) is 0 Å². The summed E-state index contributed by atoms with van der Waals surface area (Å²) >= 11 is 1.24. The van der Waals surface area contributed by atoms with Crippen LogP contribution in [0, 0.1) is 5.92 Å². The maximum Gasteiger partial charge on any atom is 0.326 e. The molecule has 9 nitrogen and oxygen atoms in total. The Hall–Kier alpha value is -1.81. The van der Waals surface area contributed by atoms with Crippen molar-refractivity contribution in [2.24, 2.45) is 5.92 Å². The summed E-state index contributed by atoms with van der Waals surface area (Å²) in [5.74, 6) is -1.75. The lowest BCUT2D eigenvalue weighted by molar-refractivity contribution is -0.151. The Balaban J connectivity index is 2.08. The van der Waals surface area contributed by atoms with E-state index in [0.717, 1.165) is 25.7 Å². The zero-order valence-electron chi connectivity index (χ0n) is 19.4. The second-order valence-electron chi connectivity index (χ2n) is 8.37. The maximum absolute atomic E-state index is 13.3. The monoisotopic (exact) mass is 472 g/mol. The van der Waals surface area contributed by atoms with Gasteiger partial charge in [0.15, 0.2) is 0 Å². The second-order valence-corrected chi connectivity index (χ2v) is 9.74. The Morgan fingerprint density at radius 3 is 2.31 bits per heavy atom. The average Bonchev–Trinajstić information content (AvgIpc) is 3.15. The first-order valence-corrected chi connectivity index (χ1v) is 12.5. The van der Waals surface area contributed by atoms with E-state index in [-0.39, 0.29) is 42.8 Å². The van der Waals surface area contributed by atoms with Crippen LogP contribution in [-0.4, -0.2) is 82.2 Å². The van der Waals surface area contributed by atoms with Gasteiger partial charge in [-0.15, -0.1) is 11.8 Å². The fraction of sp³-hybridized carbons (Fsp3) is 0.818. The summed E-state index contributed by atoms with van der Waals surface area (Å²) in [7, 11) is 0. The van der Waals surface area contributed by atoms with E-state index in [2.05, 4.69) is 5.32 Å². The van der Waals surface area contributed by atoms with E-state index in [1.807, 2.05) is 0 Å². The molecule has 1 saturated carbocycles. The number of fused-ring (bicyclic) bond motifs is 1. The average molecular weight is 473 g/mol. The predicted octanol–water partition coefficient (Wildman–Crippen LogP) is 1.83. The molecule has 6 atom stereocenters.